The fraction of sp³-hybridized carbons (Fsp3) is 0.875. The van der Waals surface area contributed by atoms with Crippen molar-refractivity contribution in [1.29, 1.82) is 0 Å². The summed E-state index contributed by atoms with van der Waals surface area (Å²) < 4.78 is 0. The lowest BCUT2D eigenvalue weighted by Crippen LogP contribution is -2.38. The second-order valence-electron chi connectivity index (χ2n) is 6.35. The van der Waals surface area contributed by atoms with E-state index in [1.54, 1.807) is 0 Å². The van der Waals surface area contributed by atoms with Crippen LogP contribution in [0.1, 0.15) is 70.6 Å². The highest BCUT2D eigenvalue weighted by Gasteiger charge is 2.32. The van der Waals surface area contributed by atoms with E-state index >= 15 is 0 Å². The van der Waals surface area contributed by atoms with Crippen LogP contribution >= 0.6 is 0 Å². The van der Waals surface area contributed by atoms with Crippen molar-refractivity contribution in [3.8, 4) is 0 Å². The third-order valence-electron chi connectivity index (χ3n) is 4.52. The molecular weight excluding hydrogens is 268 g/mol. The van der Waals surface area contributed by atoms with Crippen molar-refractivity contribution in [3.05, 3.63) is 0 Å². The summed E-state index contributed by atoms with van der Waals surface area (Å²) in [6.45, 7) is 1.29. The molecule has 4 N–H and O–H groups in total. The highest BCUT2D eigenvalue weighted by atomic mass is 16.4. The number of aliphatic carboxylic acids is 1. The molecule has 0 atom stereocenters. The number of carboxylic acid groups (broad SMARTS) is 1. The molecule has 1 rings (SSSR count). The molecule has 1 fully saturated rings. The van der Waals surface area contributed by atoms with Gasteiger partial charge in [0.2, 0.25) is 5.91 Å². The maximum Gasteiger partial charge on any atom is 0.303 e. The van der Waals surface area contributed by atoms with Gasteiger partial charge in [-0.05, 0) is 37.6 Å². The largest absolute Gasteiger partial charge is 0.481 e. The number of nitrogens with two attached hydrogens (primary N) is 1. The predicted molar refractivity (Wildman–Crippen MR) is 82.9 cm³/mol. The average Bonchev–Trinajstić information content (AvgIpc) is 2.47. The Morgan fingerprint density at radius 3 is 2.33 bits per heavy atom. The number of rotatable bonds is 10. The van der Waals surface area contributed by atoms with E-state index in [9.17, 15) is 9.59 Å². The van der Waals surface area contributed by atoms with Gasteiger partial charge < -0.3 is 16.2 Å². The molecular formula is C16H30N2O3. The van der Waals surface area contributed by atoms with Crippen LogP contribution in [-0.2, 0) is 9.59 Å². The summed E-state index contributed by atoms with van der Waals surface area (Å²) in [6, 6.07) is 0. The Hall–Kier alpha value is -1.10. The van der Waals surface area contributed by atoms with Crippen molar-refractivity contribution in [3.63, 3.8) is 0 Å². The summed E-state index contributed by atoms with van der Waals surface area (Å²) in [5, 5.41) is 11.5. The van der Waals surface area contributed by atoms with Crippen LogP contribution in [0.3, 0.4) is 0 Å². The highest BCUT2D eigenvalue weighted by molar-refractivity contribution is 5.76. The van der Waals surface area contributed by atoms with E-state index in [2.05, 4.69) is 5.32 Å². The van der Waals surface area contributed by atoms with Crippen molar-refractivity contribution in [2.75, 3.05) is 13.1 Å². The van der Waals surface area contributed by atoms with E-state index in [1.807, 2.05) is 0 Å². The van der Waals surface area contributed by atoms with Crippen LogP contribution in [-0.4, -0.2) is 30.1 Å². The van der Waals surface area contributed by atoms with Crippen molar-refractivity contribution >= 4 is 11.9 Å². The lowest BCUT2D eigenvalue weighted by Gasteiger charge is -2.35. The maximum absolute atomic E-state index is 12.0. The average molecular weight is 298 g/mol. The Labute approximate surface area is 127 Å². The van der Waals surface area contributed by atoms with E-state index in [0.717, 1.165) is 38.5 Å². The Morgan fingerprint density at radius 1 is 1.05 bits per heavy atom. The standard InChI is InChI=1S/C16H30N2O3/c17-13-16(9-5-3-6-10-16)12-14(19)18-11-7-2-1-4-8-15(20)21/h1-13,17H2,(H,18,19)(H,20,21). The Morgan fingerprint density at radius 2 is 1.71 bits per heavy atom. The lowest BCUT2D eigenvalue weighted by atomic mass is 9.71. The van der Waals surface area contributed by atoms with Crippen LogP contribution < -0.4 is 11.1 Å². The minimum absolute atomic E-state index is 0.0316. The van der Waals surface area contributed by atoms with E-state index < -0.39 is 5.97 Å². The van der Waals surface area contributed by atoms with Gasteiger partial charge in [0.15, 0.2) is 0 Å². The van der Waals surface area contributed by atoms with Gasteiger partial charge in [0, 0.05) is 19.4 Å². The first kappa shape index (κ1) is 18.0. The molecule has 21 heavy (non-hydrogen) atoms. The second kappa shape index (κ2) is 9.77. The summed E-state index contributed by atoms with van der Waals surface area (Å²) in [7, 11) is 0. The minimum Gasteiger partial charge on any atom is -0.481 e. The normalized spacial score (nSPS) is 17.4. The fourth-order valence-corrected chi connectivity index (χ4v) is 3.14. The first-order valence-electron chi connectivity index (χ1n) is 8.26. The number of carbonyl (C=O) groups excluding carboxylic acids is 1. The monoisotopic (exact) mass is 298 g/mol. The molecule has 1 amide bonds. The van der Waals surface area contributed by atoms with Gasteiger partial charge in [-0.2, -0.15) is 0 Å². The molecule has 0 radical (unpaired) electrons. The molecule has 0 unspecified atom stereocenters. The number of hydrogen-bond acceptors (Lipinski definition) is 3. The summed E-state index contributed by atoms with van der Waals surface area (Å²) >= 11 is 0. The van der Waals surface area contributed by atoms with E-state index in [0.29, 0.717) is 19.5 Å². The molecule has 0 aromatic rings. The molecule has 0 heterocycles. The molecule has 0 bridgehead atoms. The molecule has 0 aromatic carbocycles. The first-order valence-corrected chi connectivity index (χ1v) is 8.26. The summed E-state index contributed by atoms with van der Waals surface area (Å²) in [6.07, 6.45) is 10.1. The molecule has 122 valence electrons. The summed E-state index contributed by atoms with van der Waals surface area (Å²) in [4.78, 5) is 22.4. The second-order valence-corrected chi connectivity index (χ2v) is 6.35. The zero-order valence-corrected chi connectivity index (χ0v) is 13.0. The molecule has 0 saturated heterocycles. The molecule has 1 aliphatic carbocycles. The smallest absolute Gasteiger partial charge is 0.303 e. The zero-order valence-electron chi connectivity index (χ0n) is 13.0. The molecule has 5 heteroatoms. The third-order valence-corrected chi connectivity index (χ3v) is 4.52. The fourth-order valence-electron chi connectivity index (χ4n) is 3.14. The van der Waals surface area contributed by atoms with Gasteiger partial charge in [0.25, 0.3) is 0 Å². The molecule has 0 spiro atoms. The van der Waals surface area contributed by atoms with Crippen LogP contribution in [0.25, 0.3) is 0 Å². The van der Waals surface area contributed by atoms with Crippen molar-refractivity contribution in [2.24, 2.45) is 11.1 Å². The third kappa shape index (κ3) is 7.46. The van der Waals surface area contributed by atoms with E-state index in [4.69, 9.17) is 10.8 Å². The van der Waals surface area contributed by atoms with Crippen molar-refractivity contribution < 1.29 is 14.7 Å². The predicted octanol–water partition coefficient (Wildman–Crippen LogP) is 2.44. The van der Waals surface area contributed by atoms with Crippen LogP contribution in [0.15, 0.2) is 0 Å². The van der Waals surface area contributed by atoms with Gasteiger partial charge in [0.05, 0.1) is 0 Å². The first-order chi connectivity index (χ1) is 10.1. The van der Waals surface area contributed by atoms with Crippen molar-refractivity contribution in [1.82, 2.24) is 5.32 Å². The number of carboxylic acids is 1. The van der Waals surface area contributed by atoms with Crippen LogP contribution in [0.5, 0.6) is 0 Å². The maximum atomic E-state index is 12.0. The lowest BCUT2D eigenvalue weighted by molar-refractivity contribution is -0.137. The zero-order chi connectivity index (χ0) is 15.6. The van der Waals surface area contributed by atoms with Gasteiger partial charge in [-0.3, -0.25) is 9.59 Å². The Kier molecular flexibility index (Phi) is 8.35. The number of carbonyl (C=O) groups is 2. The molecule has 1 saturated carbocycles. The number of nitrogens with one attached hydrogen (secondary N) is 1. The Balaban J connectivity index is 2.09. The van der Waals surface area contributed by atoms with E-state index in [1.165, 1.54) is 19.3 Å². The quantitative estimate of drug-likeness (QED) is 0.540. The van der Waals surface area contributed by atoms with Gasteiger partial charge in [-0.15, -0.1) is 0 Å². The van der Waals surface area contributed by atoms with Gasteiger partial charge in [-0.25, -0.2) is 0 Å². The Bertz CT molecular complexity index is 325. The summed E-state index contributed by atoms with van der Waals surface area (Å²) in [5.41, 5.74) is 5.92. The highest BCUT2D eigenvalue weighted by Crippen LogP contribution is 2.38. The SMILES string of the molecule is NCC1(CC(=O)NCCCCCCC(=O)O)CCCCC1. The van der Waals surface area contributed by atoms with Gasteiger partial charge >= 0.3 is 5.97 Å². The number of amides is 1. The van der Waals surface area contributed by atoms with Crippen LogP contribution in [0.2, 0.25) is 0 Å². The minimum atomic E-state index is -0.733. The molecule has 5 nitrogen and oxygen atoms in total. The van der Waals surface area contributed by atoms with Crippen LogP contribution in [0, 0.1) is 5.41 Å². The topological polar surface area (TPSA) is 92.4 Å². The number of hydrogen-bond donors (Lipinski definition) is 3. The molecule has 0 aliphatic heterocycles. The van der Waals surface area contributed by atoms with Gasteiger partial charge in [-0.1, -0.05) is 32.1 Å². The van der Waals surface area contributed by atoms with Crippen LogP contribution in [0.4, 0.5) is 0 Å². The van der Waals surface area contributed by atoms with Crippen molar-refractivity contribution in [2.45, 2.75) is 70.6 Å². The van der Waals surface area contributed by atoms with Gasteiger partial charge in [0.1, 0.15) is 0 Å². The number of unbranched alkanes of at least 4 members (excludes halogenated alkanes) is 3. The summed E-state index contributed by atoms with van der Waals surface area (Å²) in [5.74, 6) is -0.615. The molecule has 1 aliphatic rings. The molecule has 0 aromatic heterocycles. The van der Waals surface area contributed by atoms with E-state index in [-0.39, 0.29) is 17.7 Å².